The summed E-state index contributed by atoms with van der Waals surface area (Å²) >= 11 is 0. The van der Waals surface area contributed by atoms with Crippen molar-refractivity contribution in [3.63, 3.8) is 0 Å². The van der Waals surface area contributed by atoms with Crippen LogP contribution in [0.4, 0.5) is 5.69 Å². The van der Waals surface area contributed by atoms with Gasteiger partial charge >= 0.3 is 0 Å². The monoisotopic (exact) mass is 247 g/mol. The van der Waals surface area contributed by atoms with Crippen LogP contribution in [0.15, 0.2) is 24.3 Å². The average molecular weight is 247 g/mol. The Kier molecular flexibility index (Phi) is 5.28. The predicted molar refractivity (Wildman–Crippen MR) is 69.1 cm³/mol. The smallest absolute Gasteiger partial charge is 0.269 e. The fourth-order valence-corrected chi connectivity index (χ4v) is 1.67. The van der Waals surface area contributed by atoms with Gasteiger partial charge in [0.25, 0.3) is 5.69 Å². The summed E-state index contributed by atoms with van der Waals surface area (Å²) in [5, 5.41) is 19.2. The molecule has 0 aromatic heterocycles. The van der Waals surface area contributed by atoms with Gasteiger partial charge in [-0.1, -0.05) is 12.1 Å². The molecule has 1 aromatic rings. The summed E-state index contributed by atoms with van der Waals surface area (Å²) in [6, 6.07) is 9.03. The number of nitro groups is 1. The zero-order chi connectivity index (χ0) is 13.5. The lowest BCUT2D eigenvalue weighted by molar-refractivity contribution is -0.384. The van der Waals surface area contributed by atoms with Gasteiger partial charge in [-0.2, -0.15) is 5.26 Å². The number of rotatable bonds is 6. The Morgan fingerprint density at radius 3 is 2.44 bits per heavy atom. The van der Waals surface area contributed by atoms with Crippen LogP contribution in [0, 0.1) is 21.4 Å². The number of nitriles is 1. The van der Waals surface area contributed by atoms with Crippen LogP contribution in [-0.2, 0) is 6.42 Å². The van der Waals surface area contributed by atoms with E-state index in [1.807, 2.05) is 13.8 Å². The number of nitro benzene ring substituents is 1. The molecule has 0 aliphatic carbocycles. The predicted octanol–water partition coefficient (Wildman–Crippen LogP) is 2.37. The minimum Gasteiger partial charge on any atom is -0.288 e. The van der Waals surface area contributed by atoms with E-state index < -0.39 is 4.92 Å². The molecule has 18 heavy (non-hydrogen) atoms. The van der Waals surface area contributed by atoms with Gasteiger partial charge in [-0.15, -0.1) is 0 Å². The minimum absolute atomic E-state index is 0.108. The summed E-state index contributed by atoms with van der Waals surface area (Å²) in [4.78, 5) is 12.2. The molecule has 0 heterocycles. The van der Waals surface area contributed by atoms with E-state index in [0.29, 0.717) is 12.6 Å². The second-order valence-corrected chi connectivity index (χ2v) is 4.40. The van der Waals surface area contributed by atoms with Gasteiger partial charge in [0, 0.05) is 24.7 Å². The van der Waals surface area contributed by atoms with Crippen LogP contribution >= 0.6 is 0 Å². The summed E-state index contributed by atoms with van der Waals surface area (Å²) in [6.07, 6.45) is 0.790. The molecule has 0 unspecified atom stereocenters. The van der Waals surface area contributed by atoms with Crippen molar-refractivity contribution >= 4 is 5.69 Å². The number of hydrogen-bond acceptors (Lipinski definition) is 4. The first-order chi connectivity index (χ1) is 8.54. The molecule has 5 heteroatoms. The second-order valence-electron chi connectivity index (χ2n) is 4.40. The van der Waals surface area contributed by atoms with Crippen molar-refractivity contribution in [1.29, 1.82) is 5.26 Å². The Balaban J connectivity index is 2.57. The van der Waals surface area contributed by atoms with Crippen LogP contribution in [0.5, 0.6) is 0 Å². The zero-order valence-corrected chi connectivity index (χ0v) is 10.7. The molecule has 0 atom stereocenters. The van der Waals surface area contributed by atoms with Crippen LogP contribution < -0.4 is 0 Å². The van der Waals surface area contributed by atoms with Gasteiger partial charge in [-0.05, 0) is 25.8 Å². The highest BCUT2D eigenvalue weighted by Crippen LogP contribution is 2.12. The van der Waals surface area contributed by atoms with Crippen molar-refractivity contribution in [2.24, 2.45) is 0 Å². The lowest BCUT2D eigenvalue weighted by atomic mass is 10.1. The average Bonchev–Trinajstić information content (AvgIpc) is 2.34. The molecule has 0 fully saturated rings. The molecular formula is C13H17N3O2. The molecule has 0 saturated heterocycles. The maximum absolute atomic E-state index is 10.5. The number of non-ortho nitro benzene ring substituents is 1. The molecule has 0 spiro atoms. The van der Waals surface area contributed by atoms with E-state index in [-0.39, 0.29) is 5.69 Å². The van der Waals surface area contributed by atoms with Crippen molar-refractivity contribution in [2.75, 3.05) is 13.1 Å². The van der Waals surface area contributed by atoms with E-state index >= 15 is 0 Å². The van der Waals surface area contributed by atoms with Gasteiger partial charge in [-0.3, -0.25) is 15.0 Å². The molecule has 96 valence electrons. The van der Waals surface area contributed by atoms with Crippen molar-refractivity contribution in [3.05, 3.63) is 39.9 Å². The third-order valence-corrected chi connectivity index (χ3v) is 2.84. The summed E-state index contributed by atoms with van der Waals surface area (Å²) < 4.78 is 0. The highest BCUT2D eigenvalue weighted by Gasteiger charge is 2.09. The fourth-order valence-electron chi connectivity index (χ4n) is 1.67. The number of nitrogens with zero attached hydrogens (tertiary/aromatic N) is 3. The SMILES string of the molecule is CC(C)N(CC#N)CCc1ccc([N+](=O)[O-])cc1. The van der Waals surface area contributed by atoms with Crippen molar-refractivity contribution in [2.45, 2.75) is 26.3 Å². The first-order valence-electron chi connectivity index (χ1n) is 5.89. The third-order valence-electron chi connectivity index (χ3n) is 2.84. The molecule has 0 bridgehead atoms. The van der Waals surface area contributed by atoms with Crippen molar-refractivity contribution in [1.82, 2.24) is 4.90 Å². The quantitative estimate of drug-likeness (QED) is 0.439. The van der Waals surface area contributed by atoms with Crippen LogP contribution in [0.2, 0.25) is 0 Å². The summed E-state index contributed by atoms with van der Waals surface area (Å²) in [5.74, 6) is 0. The Bertz CT molecular complexity index is 435. The van der Waals surface area contributed by atoms with Crippen LogP contribution in [0.1, 0.15) is 19.4 Å². The van der Waals surface area contributed by atoms with Crippen LogP contribution in [0.3, 0.4) is 0 Å². The van der Waals surface area contributed by atoms with E-state index in [1.165, 1.54) is 12.1 Å². The lowest BCUT2D eigenvalue weighted by Crippen LogP contribution is -2.33. The molecular weight excluding hydrogens is 230 g/mol. The van der Waals surface area contributed by atoms with E-state index in [1.54, 1.807) is 12.1 Å². The van der Waals surface area contributed by atoms with Gasteiger partial charge in [0.1, 0.15) is 0 Å². The molecule has 0 saturated carbocycles. The normalized spacial score (nSPS) is 10.6. The maximum atomic E-state index is 10.5. The summed E-state index contributed by atoms with van der Waals surface area (Å²) in [5.41, 5.74) is 1.15. The van der Waals surface area contributed by atoms with E-state index in [0.717, 1.165) is 18.5 Å². The molecule has 0 N–H and O–H groups in total. The fraction of sp³-hybridized carbons (Fsp3) is 0.462. The Labute approximate surface area is 107 Å². The minimum atomic E-state index is -0.403. The van der Waals surface area contributed by atoms with Gasteiger partial charge in [0.2, 0.25) is 0 Å². The van der Waals surface area contributed by atoms with Gasteiger partial charge in [0.15, 0.2) is 0 Å². The molecule has 5 nitrogen and oxygen atoms in total. The maximum Gasteiger partial charge on any atom is 0.269 e. The largest absolute Gasteiger partial charge is 0.288 e. The third kappa shape index (κ3) is 4.15. The van der Waals surface area contributed by atoms with Crippen LogP contribution in [-0.4, -0.2) is 29.0 Å². The second kappa shape index (κ2) is 6.72. The zero-order valence-electron chi connectivity index (χ0n) is 10.7. The van der Waals surface area contributed by atoms with E-state index in [9.17, 15) is 10.1 Å². The molecule has 0 radical (unpaired) electrons. The standard InChI is InChI=1S/C13H17N3O2/c1-11(2)15(10-8-14)9-7-12-3-5-13(6-4-12)16(17)18/h3-6,11H,7,9-10H2,1-2H3. The highest BCUT2D eigenvalue weighted by atomic mass is 16.6. The number of benzene rings is 1. The molecule has 0 aliphatic rings. The van der Waals surface area contributed by atoms with E-state index in [2.05, 4.69) is 11.0 Å². The van der Waals surface area contributed by atoms with Gasteiger partial charge < -0.3 is 0 Å². The first-order valence-corrected chi connectivity index (χ1v) is 5.89. The Hall–Kier alpha value is -1.93. The Morgan fingerprint density at radius 2 is 2.00 bits per heavy atom. The van der Waals surface area contributed by atoms with Crippen molar-refractivity contribution < 1.29 is 4.92 Å². The molecule has 0 aliphatic heterocycles. The van der Waals surface area contributed by atoms with Gasteiger partial charge in [0.05, 0.1) is 17.5 Å². The topological polar surface area (TPSA) is 70.2 Å². The highest BCUT2D eigenvalue weighted by molar-refractivity contribution is 5.32. The lowest BCUT2D eigenvalue weighted by Gasteiger charge is -2.23. The van der Waals surface area contributed by atoms with Crippen molar-refractivity contribution in [3.8, 4) is 6.07 Å². The summed E-state index contributed by atoms with van der Waals surface area (Å²) in [6.45, 7) is 5.29. The first kappa shape index (κ1) is 14.1. The Morgan fingerprint density at radius 1 is 1.39 bits per heavy atom. The molecule has 1 rings (SSSR count). The molecule has 0 amide bonds. The molecule has 1 aromatic carbocycles. The van der Waals surface area contributed by atoms with Crippen LogP contribution in [0.25, 0.3) is 0 Å². The van der Waals surface area contributed by atoms with Gasteiger partial charge in [-0.25, -0.2) is 0 Å². The summed E-state index contributed by atoms with van der Waals surface area (Å²) in [7, 11) is 0. The number of hydrogen-bond donors (Lipinski definition) is 0. The van der Waals surface area contributed by atoms with E-state index in [4.69, 9.17) is 5.26 Å².